The van der Waals surface area contributed by atoms with Crippen LogP contribution in [0.3, 0.4) is 0 Å². The summed E-state index contributed by atoms with van der Waals surface area (Å²) in [6, 6.07) is 6.71. The maximum absolute atomic E-state index is 13.0. The van der Waals surface area contributed by atoms with E-state index in [2.05, 4.69) is 19.6 Å². The molecule has 0 heterocycles. The Kier molecular flexibility index (Phi) is 6.26. The molecule has 0 aliphatic heterocycles. The molecule has 1 aromatic rings. The van der Waals surface area contributed by atoms with Gasteiger partial charge in [0.2, 0.25) is 0 Å². The highest BCUT2D eigenvalue weighted by Gasteiger charge is 2.70. The third kappa shape index (κ3) is 4.27. The van der Waals surface area contributed by atoms with Crippen LogP contribution in [0.2, 0.25) is 19.6 Å². The summed E-state index contributed by atoms with van der Waals surface area (Å²) in [6.45, 7) is 10.6. The molecule has 1 rings (SSSR count). The molecule has 7 nitrogen and oxygen atoms in total. The molecular weight excluding hydrogens is 382 g/mol. The van der Waals surface area contributed by atoms with Crippen molar-refractivity contribution in [3.05, 3.63) is 24.3 Å². The molecule has 0 aliphatic rings. The quantitative estimate of drug-likeness (QED) is 0.487. The zero-order chi connectivity index (χ0) is 19.9. The summed E-state index contributed by atoms with van der Waals surface area (Å²) in [7, 11) is -10.8. The van der Waals surface area contributed by atoms with Crippen molar-refractivity contribution in [2.24, 2.45) is 5.41 Å². The van der Waals surface area contributed by atoms with Gasteiger partial charge in [-0.3, -0.25) is 4.57 Å². The molecule has 0 aromatic heterocycles. The van der Waals surface area contributed by atoms with Crippen LogP contribution in [0.4, 0.5) is 0 Å². The van der Waals surface area contributed by atoms with E-state index in [1.165, 1.54) is 26.8 Å². The Labute approximate surface area is 150 Å². The van der Waals surface area contributed by atoms with Gasteiger partial charge in [-0.15, -0.1) is 0 Å². The predicted octanol–water partition coefficient (Wildman–Crippen LogP) is 3.32. The van der Waals surface area contributed by atoms with E-state index in [1.54, 1.807) is 12.1 Å². The number of rotatable bonds is 6. The number of hydrogen-bond donors (Lipinski definition) is 3. The molecule has 0 spiro atoms. The lowest BCUT2D eigenvalue weighted by Crippen LogP contribution is -2.45. The summed E-state index contributed by atoms with van der Waals surface area (Å²) < 4.78 is 35.4. The lowest BCUT2D eigenvalue weighted by molar-refractivity contribution is 0.00353. The first-order valence-electron chi connectivity index (χ1n) is 7.73. The summed E-state index contributed by atoms with van der Waals surface area (Å²) >= 11 is 0. The van der Waals surface area contributed by atoms with Crippen molar-refractivity contribution < 1.29 is 33.1 Å². The molecule has 1 aromatic carbocycles. The van der Waals surface area contributed by atoms with Crippen molar-refractivity contribution in [3.63, 3.8) is 0 Å². The largest absolute Gasteiger partial charge is 0.422 e. The second-order valence-electron chi connectivity index (χ2n) is 8.00. The summed E-state index contributed by atoms with van der Waals surface area (Å²) in [5.74, 6) is 0.0740. The monoisotopic (exact) mass is 410 g/mol. The minimum absolute atomic E-state index is 0.0740. The van der Waals surface area contributed by atoms with Crippen LogP contribution in [-0.4, -0.2) is 34.9 Å². The molecule has 144 valence electrons. The van der Waals surface area contributed by atoms with Gasteiger partial charge in [0.15, 0.2) is 0 Å². The summed E-state index contributed by atoms with van der Waals surface area (Å²) in [6.07, 6.45) is 0. The SMILES string of the molecule is COC(C(C)(C)C)(P(=O)(O)O)P(=O)(O)Oc1cccc([Si](C)(C)C)c1. The van der Waals surface area contributed by atoms with Crippen LogP contribution in [0.15, 0.2) is 24.3 Å². The molecule has 0 fully saturated rings. The lowest BCUT2D eigenvalue weighted by atomic mass is 9.97. The van der Waals surface area contributed by atoms with Crippen LogP contribution in [0.25, 0.3) is 0 Å². The zero-order valence-electron chi connectivity index (χ0n) is 15.7. The molecule has 0 saturated carbocycles. The fourth-order valence-electron chi connectivity index (χ4n) is 2.79. The molecule has 0 bridgehead atoms. The molecule has 0 amide bonds. The van der Waals surface area contributed by atoms with Gasteiger partial charge in [-0.1, -0.05) is 57.7 Å². The van der Waals surface area contributed by atoms with E-state index in [-0.39, 0.29) is 5.75 Å². The van der Waals surface area contributed by atoms with Gasteiger partial charge in [0.05, 0.1) is 8.07 Å². The first-order chi connectivity index (χ1) is 11.0. The third-order valence-corrected chi connectivity index (χ3v) is 11.3. The first-order valence-corrected chi connectivity index (χ1v) is 14.4. The number of methoxy groups -OCH3 is 1. The van der Waals surface area contributed by atoms with Crippen molar-refractivity contribution in [3.8, 4) is 5.75 Å². The van der Waals surface area contributed by atoms with E-state index in [9.17, 15) is 23.8 Å². The van der Waals surface area contributed by atoms with Crippen LogP contribution < -0.4 is 9.71 Å². The Bertz CT molecular complexity index is 717. The third-order valence-electron chi connectivity index (χ3n) is 3.97. The highest BCUT2D eigenvalue weighted by molar-refractivity contribution is 7.72. The normalized spacial score (nSPS) is 18.3. The average Bonchev–Trinajstić information content (AvgIpc) is 2.34. The lowest BCUT2D eigenvalue weighted by Gasteiger charge is -2.43. The van der Waals surface area contributed by atoms with E-state index >= 15 is 0 Å². The second kappa shape index (κ2) is 6.93. The fraction of sp³-hybridized carbons (Fsp3) is 0.600. The van der Waals surface area contributed by atoms with E-state index in [4.69, 9.17) is 9.26 Å². The molecule has 0 radical (unpaired) electrons. The Morgan fingerprint density at radius 1 is 1.04 bits per heavy atom. The van der Waals surface area contributed by atoms with E-state index < -0.39 is 33.8 Å². The van der Waals surface area contributed by atoms with Crippen molar-refractivity contribution in [2.75, 3.05) is 7.11 Å². The molecule has 0 saturated heterocycles. The van der Waals surface area contributed by atoms with Gasteiger partial charge in [-0.25, -0.2) is 4.57 Å². The van der Waals surface area contributed by atoms with Crippen molar-refractivity contribution in [2.45, 2.75) is 45.5 Å². The molecule has 3 N–H and O–H groups in total. The Balaban J connectivity index is 3.49. The summed E-state index contributed by atoms with van der Waals surface area (Å²) in [5, 5.41) is -1.71. The van der Waals surface area contributed by atoms with Crippen molar-refractivity contribution >= 4 is 28.5 Å². The van der Waals surface area contributed by atoms with E-state index in [1.807, 2.05) is 6.07 Å². The number of benzene rings is 1. The zero-order valence-corrected chi connectivity index (χ0v) is 18.5. The fourth-order valence-corrected chi connectivity index (χ4v) is 8.11. The van der Waals surface area contributed by atoms with E-state index in [0.717, 1.165) is 12.3 Å². The molecule has 0 aliphatic carbocycles. The molecule has 10 heteroatoms. The van der Waals surface area contributed by atoms with Gasteiger partial charge in [-0.2, -0.15) is 0 Å². The van der Waals surface area contributed by atoms with Gasteiger partial charge in [0.1, 0.15) is 5.75 Å². The maximum atomic E-state index is 13.0. The minimum atomic E-state index is -5.18. The van der Waals surface area contributed by atoms with Crippen LogP contribution >= 0.6 is 15.2 Å². The second-order valence-corrected chi connectivity index (χ2v) is 17.0. The van der Waals surface area contributed by atoms with Gasteiger partial charge in [-0.05, 0) is 12.1 Å². The van der Waals surface area contributed by atoms with Gasteiger partial charge < -0.3 is 23.9 Å². The standard InChI is InChI=1S/C15H28O7P2Si/c1-14(2,3)15(21-4,23(16,17)18)24(19,20)22-12-9-8-10-13(11-12)25(5,6)7/h8-11H,1-7H3,(H,19,20)(H2,16,17,18). The van der Waals surface area contributed by atoms with Crippen LogP contribution in [0, 0.1) is 5.41 Å². The van der Waals surface area contributed by atoms with Crippen molar-refractivity contribution in [1.29, 1.82) is 0 Å². The predicted molar refractivity (Wildman–Crippen MR) is 101 cm³/mol. The number of hydrogen-bond acceptors (Lipinski definition) is 4. The number of ether oxygens (including phenoxy) is 1. The first kappa shape index (κ1) is 22.6. The Morgan fingerprint density at radius 3 is 1.92 bits per heavy atom. The summed E-state index contributed by atoms with van der Waals surface area (Å²) in [5.41, 5.74) is -1.37. The van der Waals surface area contributed by atoms with Crippen molar-refractivity contribution in [1.82, 2.24) is 0 Å². The maximum Gasteiger partial charge on any atom is 0.421 e. The minimum Gasteiger partial charge on any atom is -0.422 e. The topological polar surface area (TPSA) is 113 Å². The highest BCUT2D eigenvalue weighted by atomic mass is 31.2. The van der Waals surface area contributed by atoms with E-state index in [0.29, 0.717) is 0 Å². The van der Waals surface area contributed by atoms with Crippen LogP contribution in [0.1, 0.15) is 20.8 Å². The smallest absolute Gasteiger partial charge is 0.421 e. The Hall–Kier alpha value is -0.463. The van der Waals surface area contributed by atoms with Crippen LogP contribution in [0.5, 0.6) is 5.75 Å². The highest BCUT2D eigenvalue weighted by Crippen LogP contribution is 2.76. The van der Waals surface area contributed by atoms with Crippen LogP contribution in [-0.2, 0) is 13.9 Å². The Morgan fingerprint density at radius 2 is 1.56 bits per heavy atom. The molecule has 25 heavy (non-hydrogen) atoms. The summed E-state index contributed by atoms with van der Waals surface area (Å²) in [4.78, 5) is 30.3. The molecular formula is C15H28O7P2Si. The van der Waals surface area contributed by atoms with Gasteiger partial charge >= 0.3 is 15.2 Å². The average molecular weight is 410 g/mol. The van der Waals surface area contributed by atoms with Gasteiger partial charge in [0.25, 0.3) is 5.08 Å². The molecule has 2 unspecified atom stereocenters. The molecule has 2 atom stereocenters. The van der Waals surface area contributed by atoms with Gasteiger partial charge in [0, 0.05) is 12.5 Å².